The van der Waals surface area contributed by atoms with E-state index in [-0.39, 0.29) is 69.8 Å². The van der Waals surface area contributed by atoms with Crippen LogP contribution in [0.3, 0.4) is 0 Å². The quantitative estimate of drug-likeness (QED) is 0.521. The zero-order valence-corrected chi connectivity index (χ0v) is 20.6. The van der Waals surface area contributed by atoms with E-state index in [9.17, 15) is 34.8 Å². The summed E-state index contributed by atoms with van der Waals surface area (Å²) in [4.78, 5) is 9.52. The number of ether oxygens (including phenoxy) is 1. The van der Waals surface area contributed by atoms with Gasteiger partial charge in [-0.25, -0.2) is 18.4 Å². The van der Waals surface area contributed by atoms with Crippen LogP contribution in [0.4, 0.5) is 42.4 Å². The number of rotatable bonds is 6. The highest BCUT2D eigenvalue weighted by Gasteiger charge is 2.50. The van der Waals surface area contributed by atoms with E-state index in [4.69, 9.17) is 4.74 Å². The average Bonchev–Trinajstić information content (AvgIpc) is 2.87. The molecule has 38 heavy (non-hydrogen) atoms. The Hall–Kier alpha value is -2.72. The number of morpholine rings is 1. The maximum Gasteiger partial charge on any atom is 0.511 e. The smallest absolute Gasteiger partial charge is 0.377 e. The van der Waals surface area contributed by atoms with E-state index in [1.165, 1.54) is 12.1 Å². The SMILES string of the molecule is O=S(=O)(N1CCC(CNc2ncnc(N3CCOC[C@@H]3c3ccc(C(F)(F)F)cc3)c2F)CC1)C(F)(F)F. The van der Waals surface area contributed by atoms with Gasteiger partial charge >= 0.3 is 21.7 Å². The van der Waals surface area contributed by atoms with E-state index in [2.05, 4.69) is 15.3 Å². The molecule has 1 N–H and O–H groups in total. The molecule has 2 aromatic rings. The summed E-state index contributed by atoms with van der Waals surface area (Å²) in [6.45, 7) is 0.0617. The van der Waals surface area contributed by atoms with Crippen molar-refractivity contribution in [1.82, 2.24) is 14.3 Å². The molecule has 0 radical (unpaired) electrons. The van der Waals surface area contributed by atoms with Crippen LogP contribution in [0.25, 0.3) is 0 Å². The molecule has 1 atom stereocenters. The molecule has 2 aliphatic rings. The van der Waals surface area contributed by atoms with Gasteiger partial charge in [0, 0.05) is 26.2 Å². The molecule has 8 nitrogen and oxygen atoms in total. The summed E-state index contributed by atoms with van der Waals surface area (Å²) in [5, 5.41) is 2.83. The van der Waals surface area contributed by atoms with Crippen molar-refractivity contribution < 1.29 is 43.9 Å². The molecule has 210 valence electrons. The number of nitrogens with zero attached hydrogens (tertiary/aromatic N) is 4. The van der Waals surface area contributed by atoms with E-state index in [0.717, 1.165) is 18.5 Å². The lowest BCUT2D eigenvalue weighted by Crippen LogP contribution is -2.45. The van der Waals surface area contributed by atoms with Crippen LogP contribution in [-0.2, 0) is 20.9 Å². The molecule has 0 bridgehead atoms. The Bertz CT molecular complexity index is 1220. The third-order valence-corrected chi connectivity index (χ3v) is 8.19. The fourth-order valence-electron chi connectivity index (χ4n) is 4.45. The lowest BCUT2D eigenvalue weighted by molar-refractivity contribution is -0.137. The minimum atomic E-state index is -5.39. The van der Waals surface area contributed by atoms with Crippen molar-refractivity contribution in [2.45, 2.75) is 30.6 Å². The number of benzene rings is 1. The Morgan fingerprint density at radius 1 is 1.00 bits per heavy atom. The predicted molar refractivity (Wildman–Crippen MR) is 122 cm³/mol. The lowest BCUT2D eigenvalue weighted by atomic mass is 9.98. The third-order valence-electron chi connectivity index (χ3n) is 6.56. The molecule has 2 aliphatic heterocycles. The normalized spacial score (nSPS) is 20.5. The Morgan fingerprint density at radius 3 is 2.26 bits per heavy atom. The number of anilines is 2. The summed E-state index contributed by atoms with van der Waals surface area (Å²) in [6, 6.07) is 3.88. The highest BCUT2D eigenvalue weighted by molar-refractivity contribution is 7.90. The van der Waals surface area contributed by atoms with Crippen LogP contribution in [0, 0.1) is 11.7 Å². The Kier molecular flexibility index (Phi) is 8.04. The first-order valence-corrected chi connectivity index (χ1v) is 13.1. The molecule has 16 heteroatoms. The van der Waals surface area contributed by atoms with Crippen LogP contribution < -0.4 is 10.2 Å². The van der Waals surface area contributed by atoms with Crippen LogP contribution in [-0.4, -0.2) is 67.6 Å². The number of sulfonamides is 1. The largest absolute Gasteiger partial charge is 0.511 e. The van der Waals surface area contributed by atoms with Crippen molar-refractivity contribution in [3.05, 3.63) is 47.5 Å². The summed E-state index contributed by atoms with van der Waals surface area (Å²) in [5.74, 6) is -1.26. The standard InChI is InChI=1S/C22H24F7N5O3S/c23-18-19(30-11-14-5-7-33(8-6-14)38(35,36)22(27,28)29)31-13-32-20(18)34-9-10-37-12-17(34)15-1-3-16(4-2-15)21(24,25)26/h1-4,13-14,17H,5-12H2,(H,30,31,32)/t17-/m1/s1. The molecule has 2 fully saturated rings. The van der Waals surface area contributed by atoms with Crippen LogP contribution in [0.15, 0.2) is 30.6 Å². The molecule has 1 aromatic heterocycles. The van der Waals surface area contributed by atoms with Crippen molar-refractivity contribution in [3.8, 4) is 0 Å². The Labute approximate surface area is 213 Å². The molecule has 0 amide bonds. The van der Waals surface area contributed by atoms with Crippen LogP contribution in [0.1, 0.15) is 30.0 Å². The van der Waals surface area contributed by atoms with Gasteiger partial charge in [-0.1, -0.05) is 12.1 Å². The van der Waals surface area contributed by atoms with Gasteiger partial charge in [-0.05, 0) is 36.5 Å². The monoisotopic (exact) mass is 571 g/mol. The van der Waals surface area contributed by atoms with Gasteiger partial charge in [0.15, 0.2) is 11.6 Å². The van der Waals surface area contributed by atoms with Crippen molar-refractivity contribution >= 4 is 21.7 Å². The van der Waals surface area contributed by atoms with Crippen LogP contribution >= 0.6 is 0 Å². The number of nitrogens with one attached hydrogen (secondary N) is 1. The number of alkyl halides is 6. The second-order valence-electron chi connectivity index (χ2n) is 8.94. The second-order valence-corrected chi connectivity index (χ2v) is 10.9. The first-order valence-electron chi connectivity index (χ1n) is 11.6. The van der Waals surface area contributed by atoms with E-state index >= 15 is 4.39 Å². The van der Waals surface area contributed by atoms with Crippen molar-refractivity contribution in [1.29, 1.82) is 0 Å². The van der Waals surface area contributed by atoms with Gasteiger partial charge in [-0.3, -0.25) is 0 Å². The minimum absolute atomic E-state index is 0.0817. The van der Waals surface area contributed by atoms with E-state index in [1.54, 1.807) is 4.90 Å². The zero-order valence-electron chi connectivity index (χ0n) is 19.8. The molecule has 0 spiro atoms. The first kappa shape index (κ1) is 28.3. The number of halogens is 7. The number of piperidine rings is 1. The fraction of sp³-hybridized carbons (Fsp3) is 0.545. The van der Waals surface area contributed by atoms with Crippen molar-refractivity contribution in [2.75, 3.05) is 49.6 Å². The maximum absolute atomic E-state index is 15.4. The molecule has 0 aliphatic carbocycles. The first-order chi connectivity index (χ1) is 17.8. The summed E-state index contributed by atoms with van der Waals surface area (Å²) in [5.41, 5.74) is -5.70. The second kappa shape index (κ2) is 10.8. The summed E-state index contributed by atoms with van der Waals surface area (Å²) >= 11 is 0. The predicted octanol–water partition coefficient (Wildman–Crippen LogP) is 4.19. The third kappa shape index (κ3) is 5.96. The van der Waals surface area contributed by atoms with Gasteiger partial charge in [0.05, 0.1) is 24.8 Å². The summed E-state index contributed by atoms with van der Waals surface area (Å²) < 4.78 is 122. The van der Waals surface area contributed by atoms with Crippen molar-refractivity contribution in [2.24, 2.45) is 5.92 Å². The van der Waals surface area contributed by atoms with E-state index < -0.39 is 39.1 Å². The number of hydrogen-bond donors (Lipinski definition) is 1. The van der Waals surface area contributed by atoms with Gasteiger partial charge in [0.1, 0.15) is 6.33 Å². The van der Waals surface area contributed by atoms with Crippen LogP contribution in [0.5, 0.6) is 0 Å². The van der Waals surface area contributed by atoms with Gasteiger partial charge in [-0.2, -0.15) is 35.0 Å². The molecule has 2 saturated heterocycles. The minimum Gasteiger partial charge on any atom is -0.377 e. The molecular weight excluding hydrogens is 547 g/mol. The van der Waals surface area contributed by atoms with Gasteiger partial charge in [0.25, 0.3) is 0 Å². The molecule has 0 saturated carbocycles. The topological polar surface area (TPSA) is 87.7 Å². The van der Waals surface area contributed by atoms with Gasteiger partial charge in [-0.15, -0.1) is 0 Å². The number of hydrogen-bond acceptors (Lipinski definition) is 7. The summed E-state index contributed by atoms with van der Waals surface area (Å²) in [6.07, 6.45) is -3.09. The maximum atomic E-state index is 15.4. The average molecular weight is 572 g/mol. The number of aromatic nitrogens is 2. The molecule has 0 unspecified atom stereocenters. The van der Waals surface area contributed by atoms with Gasteiger partial charge in [0.2, 0.25) is 5.82 Å². The van der Waals surface area contributed by atoms with Gasteiger partial charge < -0.3 is 15.0 Å². The molecule has 4 rings (SSSR count). The Balaban J connectivity index is 1.43. The highest BCUT2D eigenvalue weighted by Crippen LogP contribution is 2.35. The molecular formula is C22H24F7N5O3S. The fourth-order valence-corrected chi connectivity index (χ4v) is 5.44. The lowest BCUT2D eigenvalue weighted by Gasteiger charge is -2.37. The summed E-state index contributed by atoms with van der Waals surface area (Å²) in [7, 11) is -5.39. The van der Waals surface area contributed by atoms with Crippen molar-refractivity contribution in [3.63, 3.8) is 0 Å². The molecule has 1 aromatic carbocycles. The zero-order chi connectivity index (χ0) is 27.7. The molecule has 3 heterocycles. The van der Waals surface area contributed by atoms with Crippen LogP contribution in [0.2, 0.25) is 0 Å². The van der Waals surface area contributed by atoms with E-state index in [0.29, 0.717) is 9.87 Å². The Morgan fingerprint density at radius 2 is 1.66 bits per heavy atom. The highest BCUT2D eigenvalue weighted by atomic mass is 32.2. The van der Waals surface area contributed by atoms with E-state index in [1.807, 2.05) is 0 Å².